The number of nitrogens with zero attached hydrogens (tertiary/aromatic N) is 1. The average molecular weight is 232 g/mol. The molecule has 1 amide bonds. The van der Waals surface area contributed by atoms with Crippen LogP contribution in [-0.4, -0.2) is 41.9 Å². The molecule has 0 radical (unpaired) electrons. The molecule has 0 spiro atoms. The predicted molar refractivity (Wildman–Crippen MR) is 59.9 cm³/mol. The summed E-state index contributed by atoms with van der Waals surface area (Å²) in [6, 6.07) is -0.116. The molecule has 16 heavy (non-hydrogen) atoms. The zero-order chi connectivity index (χ0) is 12.3. The van der Waals surface area contributed by atoms with Crippen molar-refractivity contribution in [2.75, 3.05) is 13.1 Å². The van der Waals surface area contributed by atoms with Gasteiger partial charge in [-0.3, -0.25) is 0 Å². The average Bonchev–Trinajstić information content (AvgIpc) is 2.44. The number of rotatable bonds is 2. The Morgan fingerprint density at radius 1 is 1.56 bits per heavy atom. The van der Waals surface area contributed by atoms with E-state index in [4.69, 9.17) is 10.5 Å². The Labute approximate surface area is 95.9 Å². The number of hydrogen-bond acceptors (Lipinski definition) is 3. The topological polar surface area (TPSA) is 55.6 Å². The first-order chi connectivity index (χ1) is 7.33. The molecular weight excluding hydrogens is 211 g/mol. The lowest BCUT2D eigenvalue weighted by atomic mass is 10.1. The quantitative estimate of drug-likeness (QED) is 0.788. The number of alkyl halides is 1. The first kappa shape index (κ1) is 13.2. The standard InChI is InChI=1S/C11H21FN2O2/c1-11(2,3)16-10(15)14-7-8(12)6-9(14)4-5-13/h8-9H,4-7,13H2,1-3H3/t8-,9-/m0/s1. The van der Waals surface area contributed by atoms with E-state index in [-0.39, 0.29) is 12.6 Å². The lowest BCUT2D eigenvalue weighted by Crippen LogP contribution is -2.40. The van der Waals surface area contributed by atoms with E-state index in [0.717, 1.165) is 0 Å². The maximum Gasteiger partial charge on any atom is 0.410 e. The monoisotopic (exact) mass is 232 g/mol. The fourth-order valence-corrected chi connectivity index (χ4v) is 1.87. The molecule has 0 aromatic carbocycles. The van der Waals surface area contributed by atoms with Crippen molar-refractivity contribution in [1.82, 2.24) is 4.90 Å². The number of hydrogen-bond donors (Lipinski definition) is 1. The van der Waals surface area contributed by atoms with Crippen molar-refractivity contribution in [2.45, 2.75) is 51.4 Å². The minimum absolute atomic E-state index is 0.116. The summed E-state index contributed by atoms with van der Waals surface area (Å²) in [5, 5.41) is 0. The molecule has 1 fully saturated rings. The Hall–Kier alpha value is -0.840. The third-order valence-corrected chi connectivity index (χ3v) is 2.49. The number of halogens is 1. The van der Waals surface area contributed by atoms with Crippen LogP contribution in [0.3, 0.4) is 0 Å². The van der Waals surface area contributed by atoms with Gasteiger partial charge in [0.05, 0.1) is 6.54 Å². The van der Waals surface area contributed by atoms with Gasteiger partial charge in [-0.05, 0) is 33.7 Å². The number of nitrogens with two attached hydrogens (primary N) is 1. The van der Waals surface area contributed by atoms with E-state index >= 15 is 0 Å². The van der Waals surface area contributed by atoms with Crippen molar-refractivity contribution in [3.8, 4) is 0 Å². The molecule has 0 aliphatic carbocycles. The van der Waals surface area contributed by atoms with Gasteiger partial charge in [-0.25, -0.2) is 9.18 Å². The van der Waals surface area contributed by atoms with Crippen LogP contribution in [0.5, 0.6) is 0 Å². The summed E-state index contributed by atoms with van der Waals surface area (Å²) in [6.07, 6.45) is -0.397. The van der Waals surface area contributed by atoms with Crippen LogP contribution < -0.4 is 5.73 Å². The fourth-order valence-electron chi connectivity index (χ4n) is 1.87. The summed E-state index contributed by atoms with van der Waals surface area (Å²) >= 11 is 0. The summed E-state index contributed by atoms with van der Waals surface area (Å²) in [5.41, 5.74) is 4.90. The summed E-state index contributed by atoms with van der Waals surface area (Å²) in [6.45, 7) is 5.97. The molecule has 0 saturated carbocycles. The van der Waals surface area contributed by atoms with E-state index in [1.165, 1.54) is 4.90 Å². The van der Waals surface area contributed by atoms with Crippen molar-refractivity contribution in [2.24, 2.45) is 5.73 Å². The van der Waals surface area contributed by atoms with E-state index in [1.807, 2.05) is 0 Å². The highest BCUT2D eigenvalue weighted by molar-refractivity contribution is 5.69. The molecule has 1 aliphatic rings. The van der Waals surface area contributed by atoms with Gasteiger partial charge < -0.3 is 15.4 Å². The molecule has 2 atom stereocenters. The Bertz CT molecular complexity index is 253. The van der Waals surface area contributed by atoms with Gasteiger partial charge >= 0.3 is 6.09 Å². The van der Waals surface area contributed by atoms with Crippen LogP contribution in [0, 0.1) is 0 Å². The van der Waals surface area contributed by atoms with E-state index in [0.29, 0.717) is 19.4 Å². The number of likely N-dealkylation sites (tertiary alicyclic amines) is 1. The summed E-state index contributed by atoms with van der Waals surface area (Å²) in [7, 11) is 0. The zero-order valence-corrected chi connectivity index (χ0v) is 10.2. The molecule has 1 aliphatic heterocycles. The molecular formula is C11H21FN2O2. The van der Waals surface area contributed by atoms with Crippen LogP contribution >= 0.6 is 0 Å². The van der Waals surface area contributed by atoms with Crippen molar-refractivity contribution in [3.05, 3.63) is 0 Å². The Morgan fingerprint density at radius 2 is 2.19 bits per heavy atom. The molecule has 94 valence electrons. The summed E-state index contributed by atoms with van der Waals surface area (Å²) in [4.78, 5) is 13.2. The third-order valence-electron chi connectivity index (χ3n) is 2.49. The van der Waals surface area contributed by atoms with Crippen LogP contribution in [0.25, 0.3) is 0 Å². The predicted octanol–water partition coefficient (Wildman–Crippen LogP) is 1.68. The highest BCUT2D eigenvalue weighted by atomic mass is 19.1. The van der Waals surface area contributed by atoms with Gasteiger partial charge in [0.1, 0.15) is 11.8 Å². The smallest absolute Gasteiger partial charge is 0.410 e. The minimum atomic E-state index is -0.955. The molecule has 0 bridgehead atoms. The second-order valence-electron chi connectivity index (χ2n) is 5.20. The number of ether oxygens (including phenoxy) is 1. The van der Waals surface area contributed by atoms with E-state index in [2.05, 4.69) is 0 Å². The van der Waals surface area contributed by atoms with Crippen molar-refractivity contribution in [1.29, 1.82) is 0 Å². The molecule has 0 unspecified atom stereocenters. The van der Waals surface area contributed by atoms with E-state index in [9.17, 15) is 9.18 Å². The highest BCUT2D eigenvalue weighted by Gasteiger charge is 2.36. The molecule has 1 rings (SSSR count). The van der Waals surface area contributed by atoms with Gasteiger partial charge in [0.25, 0.3) is 0 Å². The normalized spacial score (nSPS) is 25.9. The molecule has 2 N–H and O–H groups in total. The molecule has 0 aromatic rings. The second kappa shape index (κ2) is 4.99. The van der Waals surface area contributed by atoms with E-state index < -0.39 is 17.9 Å². The number of carbonyl (C=O) groups excluding carboxylic acids is 1. The fraction of sp³-hybridized carbons (Fsp3) is 0.909. The zero-order valence-electron chi connectivity index (χ0n) is 10.2. The SMILES string of the molecule is CC(C)(C)OC(=O)N1C[C@@H](F)C[C@@H]1CCN. The third kappa shape index (κ3) is 3.63. The van der Waals surface area contributed by atoms with Crippen LogP contribution in [0.15, 0.2) is 0 Å². The number of amides is 1. The molecule has 4 nitrogen and oxygen atoms in total. The first-order valence-electron chi connectivity index (χ1n) is 5.67. The van der Waals surface area contributed by atoms with Gasteiger partial charge in [0.2, 0.25) is 0 Å². The maximum absolute atomic E-state index is 13.3. The van der Waals surface area contributed by atoms with Gasteiger partial charge in [-0.2, -0.15) is 0 Å². The van der Waals surface area contributed by atoms with Gasteiger partial charge in [0.15, 0.2) is 0 Å². The van der Waals surface area contributed by atoms with Crippen LogP contribution in [0.1, 0.15) is 33.6 Å². The first-order valence-corrected chi connectivity index (χ1v) is 5.67. The van der Waals surface area contributed by atoms with Crippen LogP contribution in [-0.2, 0) is 4.74 Å². The van der Waals surface area contributed by atoms with Crippen LogP contribution in [0.2, 0.25) is 0 Å². The van der Waals surface area contributed by atoms with Gasteiger partial charge in [0, 0.05) is 12.5 Å². The largest absolute Gasteiger partial charge is 0.444 e. The molecule has 0 aromatic heterocycles. The Balaban J connectivity index is 2.59. The molecule has 1 saturated heterocycles. The minimum Gasteiger partial charge on any atom is -0.444 e. The lowest BCUT2D eigenvalue weighted by Gasteiger charge is -2.28. The van der Waals surface area contributed by atoms with E-state index in [1.54, 1.807) is 20.8 Å². The van der Waals surface area contributed by atoms with Crippen molar-refractivity contribution >= 4 is 6.09 Å². The highest BCUT2D eigenvalue weighted by Crippen LogP contribution is 2.24. The maximum atomic E-state index is 13.3. The Kier molecular flexibility index (Phi) is 4.13. The van der Waals surface area contributed by atoms with Crippen molar-refractivity contribution in [3.63, 3.8) is 0 Å². The Morgan fingerprint density at radius 3 is 2.69 bits per heavy atom. The van der Waals surface area contributed by atoms with Gasteiger partial charge in [-0.1, -0.05) is 0 Å². The number of carbonyl (C=O) groups is 1. The molecule has 5 heteroatoms. The second-order valence-corrected chi connectivity index (χ2v) is 5.20. The van der Waals surface area contributed by atoms with Crippen LogP contribution in [0.4, 0.5) is 9.18 Å². The summed E-state index contributed by atoms with van der Waals surface area (Å²) < 4.78 is 18.5. The van der Waals surface area contributed by atoms with Gasteiger partial charge in [-0.15, -0.1) is 0 Å². The molecule has 1 heterocycles. The lowest BCUT2D eigenvalue weighted by molar-refractivity contribution is 0.0214. The van der Waals surface area contributed by atoms with Crippen molar-refractivity contribution < 1.29 is 13.9 Å². The summed E-state index contributed by atoms with van der Waals surface area (Å²) in [5.74, 6) is 0.